The third kappa shape index (κ3) is 3.72. The minimum atomic E-state index is -0.926. The molecule has 2 heterocycles. The Bertz CT molecular complexity index is 674. The zero-order valence-corrected chi connectivity index (χ0v) is 12.6. The van der Waals surface area contributed by atoms with Crippen molar-refractivity contribution in [2.45, 2.75) is 39.9 Å². The van der Waals surface area contributed by atoms with Crippen molar-refractivity contribution in [3.8, 4) is 0 Å². The van der Waals surface area contributed by atoms with Crippen LogP contribution in [0.5, 0.6) is 0 Å². The maximum absolute atomic E-state index is 12.2. The number of carboxylic acids is 1. The van der Waals surface area contributed by atoms with Crippen LogP contribution in [0.15, 0.2) is 18.5 Å². The van der Waals surface area contributed by atoms with Crippen LogP contribution in [0.1, 0.15) is 35.1 Å². The van der Waals surface area contributed by atoms with E-state index in [1.54, 1.807) is 6.07 Å². The number of carboxylic acid groups (broad SMARTS) is 1. The summed E-state index contributed by atoms with van der Waals surface area (Å²) in [6.07, 6.45) is 3.30. The predicted octanol–water partition coefficient (Wildman–Crippen LogP) is 0.813. The summed E-state index contributed by atoms with van der Waals surface area (Å²) in [5, 5.41) is 19.8. The van der Waals surface area contributed by atoms with E-state index in [1.807, 2.05) is 24.7 Å². The van der Waals surface area contributed by atoms with E-state index >= 15 is 0 Å². The van der Waals surface area contributed by atoms with E-state index in [2.05, 4.69) is 15.5 Å². The van der Waals surface area contributed by atoms with E-state index in [0.29, 0.717) is 12.2 Å². The number of hydrogen-bond acceptors (Lipinski definition) is 4. The van der Waals surface area contributed by atoms with Crippen LogP contribution in [0.25, 0.3) is 0 Å². The van der Waals surface area contributed by atoms with Crippen LogP contribution in [-0.4, -0.2) is 36.5 Å². The number of hydrogen-bond donors (Lipinski definition) is 2. The average Bonchev–Trinajstić information content (AvgIpc) is 3.09. The quantitative estimate of drug-likeness (QED) is 0.788. The molecule has 2 N–H and O–H groups in total. The zero-order valence-electron chi connectivity index (χ0n) is 12.6. The first-order valence-corrected chi connectivity index (χ1v) is 7.06. The van der Waals surface area contributed by atoms with Gasteiger partial charge in [-0.2, -0.15) is 10.2 Å². The summed E-state index contributed by atoms with van der Waals surface area (Å²) in [5.74, 6) is -1.21. The molecular weight excluding hydrogens is 286 g/mol. The van der Waals surface area contributed by atoms with Gasteiger partial charge in [-0.25, -0.2) is 0 Å². The molecule has 0 radical (unpaired) electrons. The molecule has 0 aromatic carbocycles. The van der Waals surface area contributed by atoms with Crippen LogP contribution >= 0.6 is 0 Å². The fourth-order valence-electron chi connectivity index (χ4n) is 2.07. The summed E-state index contributed by atoms with van der Waals surface area (Å²) in [4.78, 5) is 22.8. The molecular formula is C14H19N5O3. The Morgan fingerprint density at radius 1 is 1.41 bits per heavy atom. The number of rotatable bonds is 7. The predicted molar refractivity (Wildman–Crippen MR) is 78.3 cm³/mol. The summed E-state index contributed by atoms with van der Waals surface area (Å²) in [6, 6.07) is 1.57. The van der Waals surface area contributed by atoms with E-state index in [0.717, 1.165) is 17.8 Å². The summed E-state index contributed by atoms with van der Waals surface area (Å²) in [5.41, 5.74) is 2.18. The van der Waals surface area contributed by atoms with Gasteiger partial charge in [-0.15, -0.1) is 0 Å². The molecule has 0 spiro atoms. The van der Waals surface area contributed by atoms with E-state index in [-0.39, 0.29) is 18.9 Å². The lowest BCUT2D eigenvalue weighted by atomic mass is 10.2. The highest BCUT2D eigenvalue weighted by molar-refractivity contribution is 5.92. The number of aryl methyl sites for hydroxylation is 3. The molecule has 0 atom stereocenters. The smallest absolute Gasteiger partial charge is 0.305 e. The second-order valence-electron chi connectivity index (χ2n) is 4.86. The van der Waals surface area contributed by atoms with Crippen molar-refractivity contribution in [3.05, 3.63) is 35.4 Å². The van der Waals surface area contributed by atoms with Gasteiger partial charge in [-0.1, -0.05) is 0 Å². The van der Waals surface area contributed by atoms with Crippen molar-refractivity contribution in [3.63, 3.8) is 0 Å². The summed E-state index contributed by atoms with van der Waals surface area (Å²) in [7, 11) is 0. The molecule has 0 saturated carbocycles. The van der Waals surface area contributed by atoms with E-state index < -0.39 is 5.97 Å². The topological polar surface area (TPSA) is 102 Å². The Morgan fingerprint density at radius 3 is 2.82 bits per heavy atom. The molecule has 0 aliphatic rings. The number of nitrogens with one attached hydrogen (secondary N) is 1. The Labute approximate surface area is 127 Å². The van der Waals surface area contributed by atoms with E-state index in [9.17, 15) is 9.59 Å². The molecule has 0 aliphatic heterocycles. The first kappa shape index (κ1) is 15.7. The van der Waals surface area contributed by atoms with Gasteiger partial charge in [0.2, 0.25) is 0 Å². The number of carbonyl (C=O) groups excluding carboxylic acids is 1. The lowest BCUT2D eigenvalue weighted by molar-refractivity contribution is -0.137. The number of nitrogens with zero attached hydrogens (tertiary/aromatic N) is 4. The highest BCUT2D eigenvalue weighted by Gasteiger charge is 2.13. The molecule has 0 bridgehead atoms. The molecule has 2 aromatic heterocycles. The lowest BCUT2D eigenvalue weighted by Gasteiger charge is -2.07. The SMILES string of the molecule is CCn1cc(CNC(=O)c2ccnn2CCC(=O)O)c(C)n1. The van der Waals surface area contributed by atoms with Gasteiger partial charge in [0.15, 0.2) is 0 Å². The molecule has 2 aromatic rings. The Kier molecular flexibility index (Phi) is 4.92. The fraction of sp³-hybridized carbons (Fsp3) is 0.429. The minimum Gasteiger partial charge on any atom is -0.481 e. The van der Waals surface area contributed by atoms with Gasteiger partial charge in [0.1, 0.15) is 5.69 Å². The van der Waals surface area contributed by atoms with Crippen LogP contribution in [0, 0.1) is 6.92 Å². The normalized spacial score (nSPS) is 10.6. The third-order valence-electron chi connectivity index (χ3n) is 3.30. The number of carbonyl (C=O) groups is 2. The summed E-state index contributed by atoms with van der Waals surface area (Å²) >= 11 is 0. The lowest BCUT2D eigenvalue weighted by Crippen LogP contribution is -2.26. The maximum atomic E-state index is 12.2. The number of aliphatic carboxylic acids is 1. The van der Waals surface area contributed by atoms with Crippen LogP contribution in [0.2, 0.25) is 0 Å². The van der Waals surface area contributed by atoms with Gasteiger partial charge in [-0.05, 0) is 19.9 Å². The Hall–Kier alpha value is -2.64. The van der Waals surface area contributed by atoms with Crippen molar-refractivity contribution >= 4 is 11.9 Å². The van der Waals surface area contributed by atoms with Gasteiger partial charge in [0.05, 0.1) is 18.7 Å². The molecule has 2 rings (SSSR count). The van der Waals surface area contributed by atoms with Crippen molar-refractivity contribution in [2.24, 2.45) is 0 Å². The van der Waals surface area contributed by atoms with Crippen molar-refractivity contribution < 1.29 is 14.7 Å². The highest BCUT2D eigenvalue weighted by Crippen LogP contribution is 2.06. The van der Waals surface area contributed by atoms with Crippen molar-refractivity contribution in [1.29, 1.82) is 0 Å². The number of aromatic nitrogens is 4. The van der Waals surface area contributed by atoms with Crippen LogP contribution in [-0.2, 0) is 24.4 Å². The van der Waals surface area contributed by atoms with Crippen molar-refractivity contribution in [1.82, 2.24) is 24.9 Å². The minimum absolute atomic E-state index is 0.0790. The van der Waals surface area contributed by atoms with Gasteiger partial charge in [-0.3, -0.25) is 19.0 Å². The second-order valence-corrected chi connectivity index (χ2v) is 4.86. The van der Waals surface area contributed by atoms with E-state index in [1.165, 1.54) is 10.9 Å². The van der Waals surface area contributed by atoms with Crippen LogP contribution in [0.3, 0.4) is 0 Å². The van der Waals surface area contributed by atoms with Crippen LogP contribution in [0.4, 0.5) is 0 Å². The molecule has 0 saturated heterocycles. The highest BCUT2D eigenvalue weighted by atomic mass is 16.4. The summed E-state index contributed by atoms with van der Waals surface area (Å²) in [6.45, 7) is 5.20. The molecule has 0 unspecified atom stereocenters. The Balaban J connectivity index is 1.99. The molecule has 8 nitrogen and oxygen atoms in total. The average molecular weight is 305 g/mol. The monoisotopic (exact) mass is 305 g/mol. The maximum Gasteiger partial charge on any atom is 0.305 e. The first-order valence-electron chi connectivity index (χ1n) is 7.06. The largest absolute Gasteiger partial charge is 0.481 e. The molecule has 8 heteroatoms. The zero-order chi connectivity index (χ0) is 16.1. The van der Waals surface area contributed by atoms with Gasteiger partial charge in [0.25, 0.3) is 5.91 Å². The third-order valence-corrected chi connectivity index (χ3v) is 3.30. The first-order chi connectivity index (χ1) is 10.5. The van der Waals surface area contributed by atoms with Gasteiger partial charge in [0, 0.05) is 31.0 Å². The standard InChI is InChI=1S/C14H19N5O3/c1-3-18-9-11(10(2)17-18)8-15-14(22)12-4-6-16-19(12)7-5-13(20)21/h4,6,9H,3,5,7-8H2,1-2H3,(H,15,22)(H,20,21). The molecule has 22 heavy (non-hydrogen) atoms. The van der Waals surface area contributed by atoms with Crippen LogP contribution < -0.4 is 5.32 Å². The summed E-state index contributed by atoms with van der Waals surface area (Å²) < 4.78 is 3.21. The molecule has 1 amide bonds. The van der Waals surface area contributed by atoms with Gasteiger partial charge < -0.3 is 10.4 Å². The molecule has 118 valence electrons. The van der Waals surface area contributed by atoms with E-state index in [4.69, 9.17) is 5.11 Å². The second kappa shape index (κ2) is 6.88. The molecule has 0 fully saturated rings. The Morgan fingerprint density at radius 2 is 2.18 bits per heavy atom. The molecule has 0 aliphatic carbocycles. The van der Waals surface area contributed by atoms with Crippen molar-refractivity contribution in [2.75, 3.05) is 0 Å². The number of amides is 1. The van der Waals surface area contributed by atoms with Gasteiger partial charge >= 0.3 is 5.97 Å². The fourth-order valence-corrected chi connectivity index (χ4v) is 2.07.